The van der Waals surface area contributed by atoms with Crippen molar-refractivity contribution in [2.45, 2.75) is 18.9 Å². The Kier molecular flexibility index (Phi) is 2.78. The van der Waals surface area contributed by atoms with Gasteiger partial charge >= 0.3 is 0 Å². The third-order valence-electron chi connectivity index (χ3n) is 2.92. The van der Waals surface area contributed by atoms with E-state index in [9.17, 15) is 0 Å². The molecule has 0 saturated carbocycles. The maximum absolute atomic E-state index is 5.65. The van der Waals surface area contributed by atoms with Gasteiger partial charge in [-0.15, -0.1) is 0 Å². The second-order valence-electron chi connectivity index (χ2n) is 4.07. The standard InChI is InChI=1S/C11H12ClN5/c12-11-15-4-7(5-16-11)9-6-14-10(17-9)8-2-1-3-13-8/h4-6,8,13H,1-3H2,(H,14,17). The molecule has 0 aromatic carbocycles. The molecule has 1 aliphatic rings. The number of hydrogen-bond donors (Lipinski definition) is 2. The second kappa shape index (κ2) is 4.43. The molecule has 2 N–H and O–H groups in total. The Morgan fingerprint density at radius 3 is 2.71 bits per heavy atom. The van der Waals surface area contributed by atoms with Gasteiger partial charge in [0.2, 0.25) is 5.28 Å². The number of H-pyrrole nitrogens is 1. The van der Waals surface area contributed by atoms with E-state index < -0.39 is 0 Å². The molecular formula is C11H12ClN5. The highest BCUT2D eigenvalue weighted by molar-refractivity contribution is 6.28. The maximum atomic E-state index is 5.65. The van der Waals surface area contributed by atoms with E-state index >= 15 is 0 Å². The van der Waals surface area contributed by atoms with Gasteiger partial charge in [-0.25, -0.2) is 15.0 Å². The van der Waals surface area contributed by atoms with E-state index in [0.29, 0.717) is 6.04 Å². The molecule has 17 heavy (non-hydrogen) atoms. The van der Waals surface area contributed by atoms with Gasteiger partial charge < -0.3 is 10.3 Å². The van der Waals surface area contributed by atoms with Crippen LogP contribution < -0.4 is 5.32 Å². The predicted molar refractivity (Wildman–Crippen MR) is 64.6 cm³/mol. The summed E-state index contributed by atoms with van der Waals surface area (Å²) in [5, 5.41) is 3.66. The molecular weight excluding hydrogens is 238 g/mol. The molecule has 1 unspecified atom stereocenters. The van der Waals surface area contributed by atoms with Crippen LogP contribution in [0.1, 0.15) is 24.7 Å². The summed E-state index contributed by atoms with van der Waals surface area (Å²) < 4.78 is 0. The van der Waals surface area contributed by atoms with E-state index in [0.717, 1.165) is 30.0 Å². The van der Waals surface area contributed by atoms with Crippen molar-refractivity contribution in [2.75, 3.05) is 6.54 Å². The van der Waals surface area contributed by atoms with Gasteiger partial charge in [0.15, 0.2) is 0 Å². The van der Waals surface area contributed by atoms with Crippen molar-refractivity contribution < 1.29 is 0 Å². The minimum atomic E-state index is 0.256. The lowest BCUT2D eigenvalue weighted by molar-refractivity contribution is 0.613. The normalized spacial score (nSPS) is 19.7. The molecule has 88 valence electrons. The van der Waals surface area contributed by atoms with Crippen LogP contribution in [0.15, 0.2) is 18.6 Å². The first-order chi connectivity index (χ1) is 8.33. The van der Waals surface area contributed by atoms with Gasteiger partial charge in [-0.3, -0.25) is 0 Å². The molecule has 2 aromatic heterocycles. The zero-order valence-corrected chi connectivity index (χ0v) is 9.91. The lowest BCUT2D eigenvalue weighted by Crippen LogP contribution is -2.14. The summed E-state index contributed by atoms with van der Waals surface area (Å²) in [6.07, 6.45) is 7.51. The van der Waals surface area contributed by atoms with E-state index in [2.05, 4.69) is 25.3 Å². The Balaban J connectivity index is 1.86. The third-order valence-corrected chi connectivity index (χ3v) is 3.11. The van der Waals surface area contributed by atoms with Crippen molar-refractivity contribution in [3.8, 4) is 11.3 Å². The molecule has 1 aliphatic heterocycles. The molecule has 1 atom stereocenters. The van der Waals surface area contributed by atoms with Crippen LogP contribution in [0.25, 0.3) is 11.3 Å². The highest BCUT2D eigenvalue weighted by Crippen LogP contribution is 2.23. The largest absolute Gasteiger partial charge is 0.341 e. The summed E-state index contributed by atoms with van der Waals surface area (Å²) in [6.45, 7) is 1.06. The van der Waals surface area contributed by atoms with Gasteiger partial charge in [0.25, 0.3) is 0 Å². The van der Waals surface area contributed by atoms with Gasteiger partial charge in [-0.1, -0.05) is 0 Å². The van der Waals surface area contributed by atoms with Crippen molar-refractivity contribution >= 4 is 11.6 Å². The Bertz CT molecular complexity index is 501. The number of aromatic amines is 1. The van der Waals surface area contributed by atoms with Crippen molar-refractivity contribution in [1.82, 2.24) is 25.3 Å². The quantitative estimate of drug-likeness (QED) is 0.799. The number of rotatable bonds is 2. The number of imidazole rings is 1. The Labute approximate surface area is 104 Å². The minimum absolute atomic E-state index is 0.256. The van der Waals surface area contributed by atoms with E-state index in [1.165, 1.54) is 6.42 Å². The molecule has 6 heteroatoms. The third kappa shape index (κ3) is 2.16. The summed E-state index contributed by atoms with van der Waals surface area (Å²) in [4.78, 5) is 15.6. The van der Waals surface area contributed by atoms with Gasteiger partial charge in [0.05, 0.1) is 17.9 Å². The van der Waals surface area contributed by atoms with Crippen molar-refractivity contribution in [3.63, 3.8) is 0 Å². The first-order valence-electron chi connectivity index (χ1n) is 5.59. The van der Waals surface area contributed by atoms with Crippen LogP contribution in [-0.2, 0) is 0 Å². The van der Waals surface area contributed by atoms with Gasteiger partial charge in [-0.05, 0) is 31.0 Å². The van der Waals surface area contributed by atoms with E-state index in [1.807, 2.05) is 6.20 Å². The van der Waals surface area contributed by atoms with E-state index in [1.54, 1.807) is 12.4 Å². The minimum Gasteiger partial charge on any atom is -0.341 e. The van der Waals surface area contributed by atoms with Crippen molar-refractivity contribution in [2.24, 2.45) is 0 Å². The molecule has 0 radical (unpaired) electrons. The summed E-state index contributed by atoms with van der Waals surface area (Å²) in [6, 6.07) is 0.344. The molecule has 0 aliphatic carbocycles. The molecule has 0 bridgehead atoms. The lowest BCUT2D eigenvalue weighted by Gasteiger charge is -2.05. The zero-order chi connectivity index (χ0) is 11.7. The zero-order valence-electron chi connectivity index (χ0n) is 9.15. The lowest BCUT2D eigenvalue weighted by atomic mass is 10.2. The van der Waals surface area contributed by atoms with Crippen LogP contribution >= 0.6 is 11.6 Å². The molecule has 2 aromatic rings. The van der Waals surface area contributed by atoms with Crippen LogP contribution in [0, 0.1) is 0 Å². The summed E-state index contributed by atoms with van der Waals surface area (Å²) in [5.41, 5.74) is 1.82. The predicted octanol–water partition coefficient (Wildman–Crippen LogP) is 1.94. The number of halogens is 1. The first kappa shape index (κ1) is 10.7. The highest BCUT2D eigenvalue weighted by atomic mass is 35.5. The Hall–Kier alpha value is -1.46. The van der Waals surface area contributed by atoms with Crippen LogP contribution in [0.2, 0.25) is 5.28 Å². The van der Waals surface area contributed by atoms with Crippen LogP contribution in [0.4, 0.5) is 0 Å². The average Bonchev–Trinajstić information content (AvgIpc) is 3.00. The summed E-state index contributed by atoms with van der Waals surface area (Å²) in [5.74, 6) is 0.979. The van der Waals surface area contributed by atoms with E-state index in [-0.39, 0.29) is 5.28 Å². The maximum Gasteiger partial charge on any atom is 0.222 e. The van der Waals surface area contributed by atoms with Gasteiger partial charge in [0.1, 0.15) is 5.82 Å². The van der Waals surface area contributed by atoms with Gasteiger partial charge in [0, 0.05) is 18.0 Å². The second-order valence-corrected chi connectivity index (χ2v) is 4.41. The number of nitrogens with zero attached hydrogens (tertiary/aromatic N) is 3. The molecule has 1 fully saturated rings. The monoisotopic (exact) mass is 249 g/mol. The first-order valence-corrected chi connectivity index (χ1v) is 5.97. The van der Waals surface area contributed by atoms with Crippen LogP contribution in [0.5, 0.6) is 0 Å². The topological polar surface area (TPSA) is 66.5 Å². The highest BCUT2D eigenvalue weighted by Gasteiger charge is 2.19. The fraction of sp³-hybridized carbons (Fsp3) is 0.364. The molecule has 3 heterocycles. The molecule has 0 amide bonds. The summed E-state index contributed by atoms with van der Waals surface area (Å²) >= 11 is 5.65. The van der Waals surface area contributed by atoms with E-state index in [4.69, 9.17) is 11.6 Å². The fourth-order valence-electron chi connectivity index (χ4n) is 2.03. The van der Waals surface area contributed by atoms with Gasteiger partial charge in [-0.2, -0.15) is 0 Å². The molecule has 1 saturated heterocycles. The molecule has 0 spiro atoms. The van der Waals surface area contributed by atoms with Crippen LogP contribution in [-0.4, -0.2) is 26.5 Å². The smallest absolute Gasteiger partial charge is 0.222 e. The number of hydrogen-bond acceptors (Lipinski definition) is 4. The molecule has 3 rings (SSSR count). The molecule has 5 nitrogen and oxygen atoms in total. The Morgan fingerprint density at radius 1 is 1.18 bits per heavy atom. The SMILES string of the molecule is Clc1ncc(-c2cnc(C3CCCN3)[nH]2)cn1. The Morgan fingerprint density at radius 2 is 2.00 bits per heavy atom. The van der Waals surface area contributed by atoms with Crippen molar-refractivity contribution in [3.05, 3.63) is 29.7 Å². The van der Waals surface area contributed by atoms with Crippen LogP contribution in [0.3, 0.4) is 0 Å². The number of aromatic nitrogens is 4. The fourth-order valence-corrected chi connectivity index (χ4v) is 2.13. The van der Waals surface area contributed by atoms with Crippen molar-refractivity contribution in [1.29, 1.82) is 0 Å². The summed E-state index contributed by atoms with van der Waals surface area (Å²) in [7, 11) is 0. The number of nitrogens with one attached hydrogen (secondary N) is 2. The average molecular weight is 250 g/mol.